The molecule has 3 rings (SSSR count). The van der Waals surface area contributed by atoms with Crippen LogP contribution in [0, 0.1) is 6.92 Å². The van der Waals surface area contributed by atoms with Crippen molar-refractivity contribution in [3.63, 3.8) is 0 Å². The average Bonchev–Trinajstić information content (AvgIpc) is 3.03. The highest BCUT2D eigenvalue weighted by atomic mass is 32.1. The standard InChI is InChI=1S/C16H16N2O2S/c1-3-14-17-13-6-4-5-12(16(19)20)15(13)18(14)7-11-9-21-8-10(11)2/h4-6,8-9H,3,7H2,1-2H3,(H,19,20). The first-order valence-electron chi connectivity index (χ1n) is 6.85. The monoisotopic (exact) mass is 300 g/mol. The zero-order valence-electron chi connectivity index (χ0n) is 12.0. The molecule has 0 unspecified atom stereocenters. The van der Waals surface area contributed by atoms with Gasteiger partial charge in [0.05, 0.1) is 23.1 Å². The molecule has 2 heterocycles. The third-order valence-corrected chi connectivity index (χ3v) is 4.59. The number of aryl methyl sites for hydroxylation is 2. The second-order valence-electron chi connectivity index (χ2n) is 5.03. The van der Waals surface area contributed by atoms with Gasteiger partial charge in [0.25, 0.3) is 0 Å². The second kappa shape index (κ2) is 5.33. The van der Waals surface area contributed by atoms with Gasteiger partial charge in [0.15, 0.2) is 0 Å². The summed E-state index contributed by atoms with van der Waals surface area (Å²) in [6.45, 7) is 4.78. The first-order chi connectivity index (χ1) is 10.1. The van der Waals surface area contributed by atoms with Crippen LogP contribution in [0.15, 0.2) is 29.0 Å². The number of thiophene rings is 1. The van der Waals surface area contributed by atoms with Gasteiger partial charge in [0.1, 0.15) is 5.82 Å². The molecule has 0 aliphatic carbocycles. The van der Waals surface area contributed by atoms with Crippen molar-refractivity contribution in [1.82, 2.24) is 9.55 Å². The maximum atomic E-state index is 11.5. The number of para-hydroxylation sites is 1. The molecular weight excluding hydrogens is 284 g/mol. The molecule has 0 saturated carbocycles. The van der Waals surface area contributed by atoms with Crippen molar-refractivity contribution in [2.24, 2.45) is 0 Å². The molecule has 4 nitrogen and oxygen atoms in total. The van der Waals surface area contributed by atoms with Crippen LogP contribution in [-0.4, -0.2) is 20.6 Å². The van der Waals surface area contributed by atoms with Crippen LogP contribution in [0.5, 0.6) is 0 Å². The highest BCUT2D eigenvalue weighted by Crippen LogP contribution is 2.24. The first kappa shape index (κ1) is 13.8. The van der Waals surface area contributed by atoms with Crippen molar-refractivity contribution in [3.8, 4) is 0 Å². The largest absolute Gasteiger partial charge is 0.478 e. The van der Waals surface area contributed by atoms with E-state index in [1.807, 2.05) is 17.6 Å². The zero-order chi connectivity index (χ0) is 15.0. The molecule has 1 N–H and O–H groups in total. The Bertz CT molecular complexity index is 817. The van der Waals surface area contributed by atoms with Crippen LogP contribution in [0.1, 0.15) is 34.2 Å². The number of hydrogen-bond acceptors (Lipinski definition) is 3. The maximum Gasteiger partial charge on any atom is 0.337 e. The number of imidazole rings is 1. The van der Waals surface area contributed by atoms with E-state index in [1.165, 1.54) is 11.1 Å². The van der Waals surface area contributed by atoms with Crippen molar-refractivity contribution in [2.45, 2.75) is 26.8 Å². The number of nitrogens with zero attached hydrogens (tertiary/aromatic N) is 2. The van der Waals surface area contributed by atoms with Crippen molar-refractivity contribution in [3.05, 3.63) is 51.5 Å². The molecule has 2 aromatic heterocycles. The van der Waals surface area contributed by atoms with Crippen LogP contribution < -0.4 is 0 Å². The van der Waals surface area contributed by atoms with Crippen molar-refractivity contribution in [2.75, 3.05) is 0 Å². The number of aromatic nitrogens is 2. The summed E-state index contributed by atoms with van der Waals surface area (Å²) in [7, 11) is 0. The van der Waals surface area contributed by atoms with E-state index in [1.54, 1.807) is 23.5 Å². The highest BCUT2D eigenvalue weighted by molar-refractivity contribution is 7.08. The lowest BCUT2D eigenvalue weighted by atomic mass is 10.1. The predicted octanol–water partition coefficient (Wildman–Crippen LogP) is 3.72. The Morgan fingerprint density at radius 3 is 2.81 bits per heavy atom. The Hall–Kier alpha value is -2.14. The Kier molecular flexibility index (Phi) is 3.51. The molecule has 0 bridgehead atoms. The molecule has 0 atom stereocenters. The summed E-state index contributed by atoms with van der Waals surface area (Å²) >= 11 is 1.67. The summed E-state index contributed by atoms with van der Waals surface area (Å²) in [5.41, 5.74) is 4.23. The first-order valence-corrected chi connectivity index (χ1v) is 7.79. The predicted molar refractivity (Wildman–Crippen MR) is 84.2 cm³/mol. The Morgan fingerprint density at radius 1 is 1.38 bits per heavy atom. The number of aromatic carboxylic acids is 1. The molecule has 0 radical (unpaired) electrons. The molecule has 5 heteroatoms. The third kappa shape index (κ3) is 2.34. The van der Waals surface area contributed by atoms with Gasteiger partial charge in [0, 0.05) is 6.42 Å². The van der Waals surface area contributed by atoms with Gasteiger partial charge in [-0.15, -0.1) is 0 Å². The number of carboxylic acids is 1. The van der Waals surface area contributed by atoms with Gasteiger partial charge in [0.2, 0.25) is 0 Å². The van der Waals surface area contributed by atoms with Crippen LogP contribution in [0.3, 0.4) is 0 Å². The molecule has 0 fully saturated rings. The van der Waals surface area contributed by atoms with Crippen LogP contribution in [0.2, 0.25) is 0 Å². The summed E-state index contributed by atoms with van der Waals surface area (Å²) in [5.74, 6) is 0.00995. The van der Waals surface area contributed by atoms with Crippen LogP contribution in [0.25, 0.3) is 11.0 Å². The van der Waals surface area contributed by atoms with E-state index < -0.39 is 5.97 Å². The molecule has 1 aromatic carbocycles. The maximum absolute atomic E-state index is 11.5. The normalized spacial score (nSPS) is 11.1. The van der Waals surface area contributed by atoms with Crippen molar-refractivity contribution < 1.29 is 9.90 Å². The fraction of sp³-hybridized carbons (Fsp3) is 0.250. The number of rotatable bonds is 4. The van der Waals surface area contributed by atoms with E-state index in [-0.39, 0.29) is 0 Å². The number of fused-ring (bicyclic) bond motifs is 1. The van der Waals surface area contributed by atoms with Gasteiger partial charge in [-0.2, -0.15) is 11.3 Å². The number of carboxylic acid groups (broad SMARTS) is 1. The number of benzene rings is 1. The third-order valence-electron chi connectivity index (χ3n) is 3.68. The summed E-state index contributed by atoms with van der Waals surface area (Å²) in [6.07, 6.45) is 0.775. The van der Waals surface area contributed by atoms with E-state index in [4.69, 9.17) is 0 Å². The van der Waals surface area contributed by atoms with E-state index in [9.17, 15) is 9.90 Å². The van der Waals surface area contributed by atoms with Crippen LogP contribution in [-0.2, 0) is 13.0 Å². The van der Waals surface area contributed by atoms with Gasteiger partial charge < -0.3 is 9.67 Å². The molecule has 3 aromatic rings. The lowest BCUT2D eigenvalue weighted by Gasteiger charge is -2.09. The van der Waals surface area contributed by atoms with Crippen LogP contribution >= 0.6 is 11.3 Å². The van der Waals surface area contributed by atoms with Gasteiger partial charge in [-0.05, 0) is 40.9 Å². The quantitative estimate of drug-likeness (QED) is 0.799. The van der Waals surface area contributed by atoms with Gasteiger partial charge >= 0.3 is 5.97 Å². The topological polar surface area (TPSA) is 55.1 Å². The van der Waals surface area contributed by atoms with Gasteiger partial charge in [-0.3, -0.25) is 0 Å². The van der Waals surface area contributed by atoms with Crippen molar-refractivity contribution >= 4 is 28.3 Å². The molecule has 0 aliphatic heterocycles. The SMILES string of the molecule is CCc1nc2cccc(C(=O)O)c2n1Cc1cscc1C. The van der Waals surface area contributed by atoms with Crippen LogP contribution in [0.4, 0.5) is 0 Å². The molecule has 0 saturated heterocycles. The summed E-state index contributed by atoms with van der Waals surface area (Å²) < 4.78 is 2.04. The lowest BCUT2D eigenvalue weighted by molar-refractivity contribution is 0.0698. The summed E-state index contributed by atoms with van der Waals surface area (Å²) in [5, 5.41) is 13.7. The lowest BCUT2D eigenvalue weighted by Crippen LogP contribution is -2.08. The number of carbonyl (C=O) groups is 1. The van der Waals surface area contributed by atoms with E-state index in [2.05, 4.69) is 22.7 Å². The molecular formula is C16H16N2O2S. The molecule has 0 aliphatic rings. The molecule has 108 valence electrons. The minimum Gasteiger partial charge on any atom is -0.478 e. The minimum absolute atomic E-state index is 0.313. The second-order valence-corrected chi connectivity index (χ2v) is 5.77. The number of hydrogen-bond donors (Lipinski definition) is 1. The van der Waals surface area contributed by atoms with Gasteiger partial charge in [-0.25, -0.2) is 9.78 Å². The molecule has 0 amide bonds. The minimum atomic E-state index is -0.911. The zero-order valence-corrected chi connectivity index (χ0v) is 12.8. The van der Waals surface area contributed by atoms with Crippen molar-refractivity contribution in [1.29, 1.82) is 0 Å². The summed E-state index contributed by atoms with van der Waals surface area (Å²) in [4.78, 5) is 16.1. The Morgan fingerprint density at radius 2 is 2.19 bits per heavy atom. The Balaban J connectivity index is 2.24. The molecule has 21 heavy (non-hydrogen) atoms. The highest BCUT2D eigenvalue weighted by Gasteiger charge is 2.17. The molecule has 0 spiro atoms. The fourth-order valence-electron chi connectivity index (χ4n) is 2.57. The van der Waals surface area contributed by atoms with E-state index >= 15 is 0 Å². The van der Waals surface area contributed by atoms with E-state index in [0.29, 0.717) is 17.6 Å². The Labute approximate surface area is 126 Å². The van der Waals surface area contributed by atoms with E-state index in [0.717, 1.165) is 17.8 Å². The smallest absolute Gasteiger partial charge is 0.337 e. The summed E-state index contributed by atoms with van der Waals surface area (Å²) in [6, 6.07) is 5.26. The van der Waals surface area contributed by atoms with Gasteiger partial charge in [-0.1, -0.05) is 13.0 Å². The fourth-order valence-corrected chi connectivity index (χ4v) is 3.41. The average molecular weight is 300 g/mol.